The third-order valence-electron chi connectivity index (χ3n) is 2.81. The molecule has 21 heavy (non-hydrogen) atoms. The molecule has 0 fully saturated rings. The molecule has 1 aromatic carbocycles. The fraction of sp³-hybridized carbons (Fsp3) is 0.375. The lowest BCUT2D eigenvalue weighted by atomic mass is 9.99. The molecule has 0 unspecified atom stereocenters. The Bertz CT molecular complexity index is 472. The molecule has 2 atom stereocenters. The Balaban J connectivity index is 2.97. The second kappa shape index (κ2) is 8.79. The lowest BCUT2D eigenvalue weighted by molar-refractivity contribution is -0.153. The minimum Gasteiger partial charge on any atom is -0.465 e. The normalized spacial score (nSPS) is 12.9. The third-order valence-corrected chi connectivity index (χ3v) is 2.81. The maximum atomic E-state index is 12.1. The van der Waals surface area contributed by atoms with Gasteiger partial charge in [0.25, 0.3) is 0 Å². The van der Waals surface area contributed by atoms with Gasteiger partial charge in [-0.1, -0.05) is 24.3 Å². The minimum atomic E-state index is -0.871. The Kier molecular flexibility index (Phi) is 7.01. The maximum Gasteiger partial charge on any atom is 0.329 e. The van der Waals surface area contributed by atoms with E-state index in [2.05, 4.69) is 11.9 Å². The molecule has 1 aromatic rings. The minimum absolute atomic E-state index is 0.235. The van der Waals surface area contributed by atoms with Crippen LogP contribution in [0.5, 0.6) is 0 Å². The van der Waals surface area contributed by atoms with E-state index in [0.29, 0.717) is 5.69 Å². The number of esters is 2. The number of rotatable bonds is 8. The van der Waals surface area contributed by atoms with Crippen LogP contribution in [0.25, 0.3) is 0 Å². The number of hydrogen-bond donors (Lipinski definition) is 1. The van der Waals surface area contributed by atoms with Gasteiger partial charge in [0.2, 0.25) is 0 Å². The van der Waals surface area contributed by atoms with Gasteiger partial charge in [-0.05, 0) is 26.0 Å². The first-order valence-electron chi connectivity index (χ1n) is 6.91. The van der Waals surface area contributed by atoms with Gasteiger partial charge in [0.1, 0.15) is 12.0 Å². The molecule has 0 aliphatic rings. The fourth-order valence-electron chi connectivity index (χ4n) is 1.85. The Morgan fingerprint density at radius 1 is 1.14 bits per heavy atom. The van der Waals surface area contributed by atoms with Crippen LogP contribution in [0.3, 0.4) is 0 Å². The first-order chi connectivity index (χ1) is 10.1. The summed E-state index contributed by atoms with van der Waals surface area (Å²) in [6.45, 7) is 7.52. The molecule has 114 valence electrons. The standard InChI is InChI=1S/C16H21NO4/c1-4-13(15(18)20-5-2)14(16(19)21-6-3)17-12-10-8-7-9-11-12/h4,7-11,13-14,17H,1,5-6H2,2-3H3/t13-,14+/m0/s1. The molecular formula is C16H21NO4. The molecule has 0 saturated carbocycles. The van der Waals surface area contributed by atoms with Gasteiger partial charge in [-0.25, -0.2) is 4.79 Å². The van der Waals surface area contributed by atoms with Crippen molar-refractivity contribution in [3.05, 3.63) is 43.0 Å². The Labute approximate surface area is 124 Å². The van der Waals surface area contributed by atoms with Crippen molar-refractivity contribution in [2.75, 3.05) is 18.5 Å². The van der Waals surface area contributed by atoms with Gasteiger partial charge in [0.05, 0.1) is 13.2 Å². The zero-order valence-electron chi connectivity index (χ0n) is 12.4. The van der Waals surface area contributed by atoms with E-state index in [1.165, 1.54) is 6.08 Å². The second-order valence-electron chi connectivity index (χ2n) is 4.25. The average Bonchev–Trinajstić information content (AvgIpc) is 2.48. The van der Waals surface area contributed by atoms with Crippen molar-refractivity contribution in [3.8, 4) is 0 Å². The summed E-state index contributed by atoms with van der Waals surface area (Å²) >= 11 is 0. The Hall–Kier alpha value is -2.30. The quantitative estimate of drug-likeness (QED) is 0.588. The molecule has 0 heterocycles. The van der Waals surface area contributed by atoms with Crippen LogP contribution in [-0.2, 0) is 19.1 Å². The molecule has 0 spiro atoms. The summed E-state index contributed by atoms with van der Waals surface area (Å²) in [5.41, 5.74) is 0.715. The summed E-state index contributed by atoms with van der Waals surface area (Å²) < 4.78 is 10.0. The van der Waals surface area contributed by atoms with Crippen LogP contribution < -0.4 is 5.32 Å². The van der Waals surface area contributed by atoms with Gasteiger partial charge in [0, 0.05) is 5.69 Å². The van der Waals surface area contributed by atoms with Crippen molar-refractivity contribution >= 4 is 17.6 Å². The van der Waals surface area contributed by atoms with Gasteiger partial charge in [0.15, 0.2) is 0 Å². The largest absolute Gasteiger partial charge is 0.465 e. The van der Waals surface area contributed by atoms with Gasteiger partial charge in [-0.2, -0.15) is 0 Å². The van der Waals surface area contributed by atoms with Crippen LogP contribution in [0.4, 0.5) is 5.69 Å². The molecule has 0 amide bonds. The lowest BCUT2D eigenvalue weighted by Gasteiger charge is -2.23. The summed E-state index contributed by atoms with van der Waals surface area (Å²) in [7, 11) is 0. The predicted molar refractivity (Wildman–Crippen MR) is 80.8 cm³/mol. The van der Waals surface area contributed by atoms with E-state index in [1.807, 2.05) is 18.2 Å². The molecule has 0 aromatic heterocycles. The van der Waals surface area contributed by atoms with E-state index in [0.717, 1.165) is 0 Å². The van der Waals surface area contributed by atoms with E-state index >= 15 is 0 Å². The predicted octanol–water partition coefficient (Wildman–Crippen LogP) is 2.40. The highest BCUT2D eigenvalue weighted by molar-refractivity contribution is 5.88. The van der Waals surface area contributed by atoms with E-state index in [4.69, 9.17) is 9.47 Å². The van der Waals surface area contributed by atoms with Crippen LogP contribution in [0.2, 0.25) is 0 Å². The lowest BCUT2D eigenvalue weighted by Crippen LogP contribution is -2.42. The number of carbonyl (C=O) groups excluding carboxylic acids is 2. The van der Waals surface area contributed by atoms with E-state index in [1.54, 1.807) is 26.0 Å². The Morgan fingerprint density at radius 3 is 2.24 bits per heavy atom. The molecule has 0 aliphatic heterocycles. The number of nitrogens with one attached hydrogen (secondary N) is 1. The number of carbonyl (C=O) groups is 2. The first-order valence-corrected chi connectivity index (χ1v) is 6.91. The zero-order chi connectivity index (χ0) is 15.7. The molecule has 5 nitrogen and oxygen atoms in total. The fourth-order valence-corrected chi connectivity index (χ4v) is 1.85. The van der Waals surface area contributed by atoms with Crippen LogP contribution in [0.15, 0.2) is 43.0 Å². The number of para-hydroxylation sites is 1. The topological polar surface area (TPSA) is 64.6 Å². The summed E-state index contributed by atoms with van der Waals surface area (Å²) in [5, 5.41) is 3.01. The highest BCUT2D eigenvalue weighted by Gasteiger charge is 2.33. The SMILES string of the molecule is C=C[C@H](C(=O)OCC)[C@@H](Nc1ccccc1)C(=O)OCC. The summed E-state index contributed by atoms with van der Waals surface area (Å²) in [6, 6.07) is 8.26. The molecule has 0 bridgehead atoms. The van der Waals surface area contributed by atoms with Gasteiger partial charge in [-0.15, -0.1) is 6.58 Å². The van der Waals surface area contributed by atoms with Crippen LogP contribution >= 0.6 is 0 Å². The second-order valence-corrected chi connectivity index (χ2v) is 4.25. The summed E-state index contributed by atoms with van der Waals surface area (Å²) in [6.07, 6.45) is 1.40. The smallest absolute Gasteiger partial charge is 0.329 e. The number of benzene rings is 1. The van der Waals surface area contributed by atoms with Crippen molar-refractivity contribution < 1.29 is 19.1 Å². The van der Waals surface area contributed by atoms with Crippen molar-refractivity contribution in [3.63, 3.8) is 0 Å². The van der Waals surface area contributed by atoms with Gasteiger partial charge >= 0.3 is 11.9 Å². The molecule has 1 rings (SSSR count). The number of anilines is 1. The van der Waals surface area contributed by atoms with E-state index in [9.17, 15) is 9.59 Å². The van der Waals surface area contributed by atoms with Crippen molar-refractivity contribution in [1.82, 2.24) is 0 Å². The average molecular weight is 291 g/mol. The number of ether oxygens (including phenoxy) is 2. The zero-order valence-corrected chi connectivity index (χ0v) is 12.4. The van der Waals surface area contributed by atoms with Crippen LogP contribution in [0.1, 0.15) is 13.8 Å². The third kappa shape index (κ3) is 4.95. The highest BCUT2D eigenvalue weighted by atomic mass is 16.5. The number of hydrogen-bond acceptors (Lipinski definition) is 5. The van der Waals surface area contributed by atoms with E-state index in [-0.39, 0.29) is 13.2 Å². The molecule has 1 N–H and O–H groups in total. The van der Waals surface area contributed by atoms with Crippen molar-refractivity contribution in [2.24, 2.45) is 5.92 Å². The first kappa shape index (κ1) is 16.8. The van der Waals surface area contributed by atoms with E-state index < -0.39 is 23.9 Å². The molecular weight excluding hydrogens is 270 g/mol. The monoisotopic (exact) mass is 291 g/mol. The molecule has 0 saturated heterocycles. The molecule has 0 radical (unpaired) electrons. The van der Waals surface area contributed by atoms with Crippen LogP contribution in [0, 0.1) is 5.92 Å². The van der Waals surface area contributed by atoms with Gasteiger partial charge < -0.3 is 14.8 Å². The Morgan fingerprint density at radius 2 is 1.71 bits per heavy atom. The van der Waals surface area contributed by atoms with Gasteiger partial charge in [-0.3, -0.25) is 4.79 Å². The van der Waals surface area contributed by atoms with Crippen molar-refractivity contribution in [2.45, 2.75) is 19.9 Å². The molecule has 5 heteroatoms. The summed E-state index contributed by atoms with van der Waals surface area (Å²) in [5.74, 6) is -1.84. The summed E-state index contributed by atoms with van der Waals surface area (Å²) in [4.78, 5) is 24.1. The maximum absolute atomic E-state index is 12.1. The molecule has 0 aliphatic carbocycles. The highest BCUT2D eigenvalue weighted by Crippen LogP contribution is 2.17. The van der Waals surface area contributed by atoms with Crippen molar-refractivity contribution in [1.29, 1.82) is 0 Å². The van der Waals surface area contributed by atoms with Crippen LogP contribution in [-0.4, -0.2) is 31.2 Å².